The first kappa shape index (κ1) is 29.0. The first-order valence-corrected chi connectivity index (χ1v) is 9.30. The molecule has 0 aromatic carbocycles. The Labute approximate surface area is 164 Å². The standard InChI is InChI=1S/2C7H10N.CHF3O3S.BF4/c2*1-2-8-6-4-3-5-7-8;2-1(3,4)8(5,6)7;2-1(3,4)5/h2*3-7H,2H2,1H3;(H,5,6,7);/q2*+1;;-1/p-1. The van der Waals surface area contributed by atoms with E-state index in [0.717, 1.165) is 13.1 Å². The Balaban J connectivity index is 0. The molecule has 0 amide bonds. The van der Waals surface area contributed by atoms with Gasteiger partial charge in [0.25, 0.3) is 0 Å². The van der Waals surface area contributed by atoms with E-state index in [1.807, 2.05) is 36.4 Å². The van der Waals surface area contributed by atoms with Crippen molar-refractivity contribution < 1.29 is 52.5 Å². The highest BCUT2D eigenvalue weighted by atomic mass is 32.2. The molecule has 2 heterocycles. The molecule has 5 nitrogen and oxygen atoms in total. The summed E-state index contributed by atoms with van der Waals surface area (Å²) >= 11 is 0. The summed E-state index contributed by atoms with van der Waals surface area (Å²) in [5.74, 6) is 0. The second-order valence-electron chi connectivity index (χ2n) is 4.81. The van der Waals surface area contributed by atoms with E-state index >= 15 is 0 Å². The molecule has 0 spiro atoms. The minimum absolute atomic E-state index is 1.06. The highest BCUT2D eigenvalue weighted by Gasteiger charge is 2.36. The number of halogens is 7. The van der Waals surface area contributed by atoms with Crippen molar-refractivity contribution in [2.75, 3.05) is 0 Å². The van der Waals surface area contributed by atoms with E-state index in [-0.39, 0.29) is 0 Å². The van der Waals surface area contributed by atoms with Gasteiger partial charge in [0.05, 0.1) is 0 Å². The van der Waals surface area contributed by atoms with Crippen LogP contribution in [0.1, 0.15) is 13.8 Å². The second kappa shape index (κ2) is 13.9. The molecule has 2 aromatic rings. The predicted molar refractivity (Wildman–Crippen MR) is 90.6 cm³/mol. The normalized spacial score (nSPS) is 11.0. The minimum atomic E-state index is -6.09. The maximum atomic E-state index is 10.7. The van der Waals surface area contributed by atoms with Gasteiger partial charge in [-0.05, 0) is 13.8 Å². The fourth-order valence-corrected chi connectivity index (χ4v) is 1.29. The van der Waals surface area contributed by atoms with Gasteiger partial charge in [-0.3, -0.25) is 0 Å². The highest BCUT2D eigenvalue weighted by Crippen LogP contribution is 2.20. The predicted octanol–water partition coefficient (Wildman–Crippen LogP) is 3.34. The van der Waals surface area contributed by atoms with Gasteiger partial charge in [-0.1, -0.05) is 12.1 Å². The van der Waals surface area contributed by atoms with Crippen molar-refractivity contribution in [2.45, 2.75) is 32.4 Å². The zero-order chi connectivity index (χ0) is 23.1. The van der Waals surface area contributed by atoms with E-state index in [1.165, 1.54) is 0 Å². The Morgan fingerprint density at radius 1 is 0.759 bits per heavy atom. The van der Waals surface area contributed by atoms with Crippen LogP contribution in [0.15, 0.2) is 61.2 Å². The lowest BCUT2D eigenvalue weighted by atomic mass is 10.3. The van der Waals surface area contributed by atoms with Crippen LogP contribution in [0.3, 0.4) is 0 Å². The van der Waals surface area contributed by atoms with Crippen molar-refractivity contribution >= 4 is 17.4 Å². The Morgan fingerprint density at radius 3 is 1.07 bits per heavy atom. The third-order valence-electron chi connectivity index (χ3n) is 2.57. The Hall–Kier alpha value is -2.22. The van der Waals surface area contributed by atoms with Crippen LogP contribution in [0, 0.1) is 0 Å². The number of hydrogen-bond donors (Lipinski definition) is 0. The third-order valence-corrected chi connectivity index (χ3v) is 3.14. The van der Waals surface area contributed by atoms with E-state index in [2.05, 4.69) is 47.8 Å². The fraction of sp³-hybridized carbons (Fsp3) is 0.333. The number of aryl methyl sites for hydroxylation is 2. The van der Waals surface area contributed by atoms with Gasteiger partial charge in [-0.15, -0.1) is 0 Å². The van der Waals surface area contributed by atoms with Crippen molar-refractivity contribution in [1.29, 1.82) is 0 Å². The lowest BCUT2D eigenvalue weighted by molar-refractivity contribution is -0.693. The van der Waals surface area contributed by atoms with Crippen molar-refractivity contribution in [2.24, 2.45) is 0 Å². The van der Waals surface area contributed by atoms with Gasteiger partial charge in [-0.2, -0.15) is 13.2 Å². The van der Waals surface area contributed by atoms with Gasteiger partial charge < -0.3 is 21.8 Å². The van der Waals surface area contributed by atoms with Crippen LogP contribution in [0.5, 0.6) is 0 Å². The van der Waals surface area contributed by atoms with Gasteiger partial charge in [0.2, 0.25) is 0 Å². The molecule has 0 aliphatic rings. The summed E-state index contributed by atoms with van der Waals surface area (Å²) in [6.07, 6.45) is 8.22. The summed E-state index contributed by atoms with van der Waals surface area (Å²) in [4.78, 5) is 0. The number of aromatic nitrogens is 2. The summed E-state index contributed by atoms with van der Waals surface area (Å²) in [6.45, 7) is 6.36. The van der Waals surface area contributed by atoms with E-state index in [4.69, 9.17) is 13.0 Å². The van der Waals surface area contributed by atoms with Crippen LogP contribution in [0.25, 0.3) is 0 Å². The monoisotopic (exact) mass is 452 g/mol. The smallest absolute Gasteiger partial charge is 0.673 e. The van der Waals surface area contributed by atoms with E-state index in [9.17, 15) is 30.4 Å². The number of hydrogen-bond acceptors (Lipinski definition) is 3. The molecular formula is C15H20BF7N2O3S. The van der Waals surface area contributed by atoms with E-state index in [1.54, 1.807) is 0 Å². The van der Waals surface area contributed by atoms with Crippen LogP contribution < -0.4 is 9.13 Å². The highest BCUT2D eigenvalue weighted by molar-refractivity contribution is 7.86. The molecule has 2 aromatic heterocycles. The van der Waals surface area contributed by atoms with Crippen molar-refractivity contribution in [3.63, 3.8) is 0 Å². The summed E-state index contributed by atoms with van der Waals surface area (Å²) in [5, 5.41) is 0. The summed E-state index contributed by atoms with van der Waals surface area (Å²) in [7, 11) is -12.1. The zero-order valence-electron chi connectivity index (χ0n) is 15.4. The maximum absolute atomic E-state index is 10.7. The average molecular weight is 452 g/mol. The molecule has 0 saturated heterocycles. The molecule has 14 heteroatoms. The van der Waals surface area contributed by atoms with Gasteiger partial charge in [-0.25, -0.2) is 17.6 Å². The lowest BCUT2D eigenvalue weighted by Gasteiger charge is -2.08. The summed E-state index contributed by atoms with van der Waals surface area (Å²) in [5.41, 5.74) is -5.65. The summed E-state index contributed by atoms with van der Waals surface area (Å²) < 4.78 is 102. The van der Waals surface area contributed by atoms with Crippen LogP contribution in [0.2, 0.25) is 0 Å². The number of alkyl halides is 3. The van der Waals surface area contributed by atoms with Crippen molar-refractivity contribution in [3.05, 3.63) is 61.2 Å². The van der Waals surface area contributed by atoms with Crippen LogP contribution in [-0.2, 0) is 23.2 Å². The van der Waals surface area contributed by atoms with Gasteiger partial charge in [0.1, 0.15) is 13.1 Å². The molecule has 0 bridgehead atoms. The Bertz CT molecular complexity index is 713. The topological polar surface area (TPSA) is 65.0 Å². The molecule has 166 valence electrons. The molecule has 2 rings (SSSR count). The Morgan fingerprint density at radius 2 is 0.966 bits per heavy atom. The SMILES string of the molecule is CC[n+]1ccccc1.CC[n+]1ccccc1.F[B-](F)(F)F.O=S(=O)([O-])C(F)(F)F. The number of nitrogens with zero attached hydrogens (tertiary/aromatic N) is 2. The summed E-state index contributed by atoms with van der Waals surface area (Å²) in [6, 6.07) is 12.2. The molecule has 0 aliphatic heterocycles. The lowest BCUT2D eigenvalue weighted by Crippen LogP contribution is -2.30. The molecule has 0 aliphatic carbocycles. The number of pyridine rings is 2. The quantitative estimate of drug-likeness (QED) is 0.231. The molecule has 0 N–H and O–H groups in total. The molecule has 29 heavy (non-hydrogen) atoms. The first-order chi connectivity index (χ1) is 13.1. The molecule has 0 radical (unpaired) electrons. The van der Waals surface area contributed by atoms with E-state index < -0.39 is 22.9 Å². The van der Waals surface area contributed by atoms with Crippen LogP contribution >= 0.6 is 0 Å². The molecule has 0 unspecified atom stereocenters. The Kier molecular flexibility index (Phi) is 13.9. The molecular weight excluding hydrogens is 432 g/mol. The molecule has 0 fully saturated rings. The third kappa shape index (κ3) is 20.3. The van der Waals surface area contributed by atoms with E-state index in [0.29, 0.717) is 0 Å². The average Bonchev–Trinajstić information content (AvgIpc) is 2.61. The first-order valence-electron chi connectivity index (χ1n) is 7.89. The van der Waals surface area contributed by atoms with Crippen LogP contribution in [0.4, 0.5) is 30.4 Å². The van der Waals surface area contributed by atoms with Crippen molar-refractivity contribution in [3.8, 4) is 0 Å². The van der Waals surface area contributed by atoms with Gasteiger partial charge in [0, 0.05) is 24.3 Å². The van der Waals surface area contributed by atoms with Gasteiger partial charge in [0.15, 0.2) is 34.9 Å². The minimum Gasteiger partial charge on any atom is -0.741 e. The zero-order valence-corrected chi connectivity index (χ0v) is 16.3. The van der Waals surface area contributed by atoms with Gasteiger partial charge >= 0.3 is 12.8 Å². The molecule has 0 atom stereocenters. The maximum Gasteiger partial charge on any atom is 0.673 e. The fourth-order valence-electron chi connectivity index (χ4n) is 1.29. The second-order valence-corrected chi connectivity index (χ2v) is 6.18. The van der Waals surface area contributed by atoms with Crippen molar-refractivity contribution in [1.82, 2.24) is 0 Å². The largest absolute Gasteiger partial charge is 0.741 e. The molecule has 0 saturated carbocycles. The van der Waals surface area contributed by atoms with Crippen LogP contribution in [-0.4, -0.2) is 25.7 Å². The number of rotatable bonds is 2.